The van der Waals surface area contributed by atoms with Gasteiger partial charge in [-0.15, -0.1) is 5.10 Å². The first-order valence-electron chi connectivity index (χ1n) is 6.72. The quantitative estimate of drug-likeness (QED) is 0.686. The summed E-state index contributed by atoms with van der Waals surface area (Å²) in [6, 6.07) is 8.01. The SMILES string of the molecule is Cc1ccc(-n2nnnc2SCc2cc(Cl)n(C)n2)cc1C. The molecule has 6 nitrogen and oxygen atoms in total. The Labute approximate surface area is 137 Å². The first-order valence-corrected chi connectivity index (χ1v) is 8.08. The van der Waals surface area contributed by atoms with Crippen molar-refractivity contribution in [2.45, 2.75) is 24.8 Å². The third-order valence-corrected chi connectivity index (χ3v) is 4.71. The van der Waals surface area contributed by atoms with Crippen LogP contribution in [0.5, 0.6) is 0 Å². The van der Waals surface area contributed by atoms with E-state index in [1.54, 1.807) is 9.36 Å². The Balaban J connectivity index is 1.81. The van der Waals surface area contributed by atoms with Crippen LogP contribution >= 0.6 is 23.4 Å². The van der Waals surface area contributed by atoms with Crippen LogP contribution in [0.1, 0.15) is 16.8 Å². The number of hydrogen-bond acceptors (Lipinski definition) is 5. The lowest BCUT2D eigenvalue weighted by atomic mass is 10.1. The van der Waals surface area contributed by atoms with Gasteiger partial charge in [0.2, 0.25) is 5.16 Å². The van der Waals surface area contributed by atoms with Crippen molar-refractivity contribution >= 4 is 23.4 Å². The van der Waals surface area contributed by atoms with Crippen LogP contribution in [0, 0.1) is 13.8 Å². The number of aryl methyl sites for hydroxylation is 3. The molecule has 3 aromatic rings. The van der Waals surface area contributed by atoms with E-state index in [2.05, 4.69) is 46.6 Å². The van der Waals surface area contributed by atoms with Crippen molar-refractivity contribution in [3.8, 4) is 5.69 Å². The fourth-order valence-corrected chi connectivity index (χ4v) is 2.94. The zero-order chi connectivity index (χ0) is 15.7. The molecule has 3 rings (SSSR count). The van der Waals surface area contributed by atoms with Gasteiger partial charge in [0.15, 0.2) is 0 Å². The smallest absolute Gasteiger partial charge is 0.214 e. The normalized spacial score (nSPS) is 11.1. The summed E-state index contributed by atoms with van der Waals surface area (Å²) < 4.78 is 3.38. The van der Waals surface area contributed by atoms with Gasteiger partial charge in [0.1, 0.15) is 5.15 Å². The van der Waals surface area contributed by atoms with Crippen LogP contribution in [0.15, 0.2) is 29.4 Å². The van der Waals surface area contributed by atoms with Crippen molar-refractivity contribution in [3.05, 3.63) is 46.2 Å². The van der Waals surface area contributed by atoms with E-state index in [9.17, 15) is 0 Å². The van der Waals surface area contributed by atoms with Crippen molar-refractivity contribution in [2.75, 3.05) is 0 Å². The number of rotatable bonds is 4. The van der Waals surface area contributed by atoms with Crippen molar-refractivity contribution < 1.29 is 0 Å². The second-order valence-electron chi connectivity index (χ2n) is 5.01. The molecule has 0 spiro atoms. The highest BCUT2D eigenvalue weighted by Crippen LogP contribution is 2.24. The minimum Gasteiger partial charge on any atom is -0.257 e. The molecule has 0 aliphatic carbocycles. The van der Waals surface area contributed by atoms with Crippen molar-refractivity contribution in [2.24, 2.45) is 7.05 Å². The summed E-state index contributed by atoms with van der Waals surface area (Å²) in [4.78, 5) is 0. The average Bonchev–Trinajstić information content (AvgIpc) is 3.07. The molecule has 114 valence electrons. The lowest BCUT2D eigenvalue weighted by Crippen LogP contribution is -2.00. The number of halogens is 1. The van der Waals surface area contributed by atoms with E-state index in [0.717, 1.165) is 16.5 Å². The highest BCUT2D eigenvalue weighted by Gasteiger charge is 2.11. The molecule has 0 amide bonds. The van der Waals surface area contributed by atoms with Gasteiger partial charge < -0.3 is 0 Å². The van der Waals surface area contributed by atoms with Gasteiger partial charge in [0, 0.05) is 12.8 Å². The first-order chi connectivity index (χ1) is 10.5. The van der Waals surface area contributed by atoms with E-state index in [0.29, 0.717) is 10.9 Å². The summed E-state index contributed by atoms with van der Waals surface area (Å²) in [6.45, 7) is 4.16. The minimum atomic E-state index is 0.615. The molecular weight excluding hydrogens is 320 g/mol. The molecule has 0 atom stereocenters. The molecular formula is C14H15ClN6S. The predicted molar refractivity (Wildman–Crippen MR) is 86.4 cm³/mol. The van der Waals surface area contributed by atoms with Gasteiger partial charge in [0.05, 0.1) is 11.4 Å². The highest BCUT2D eigenvalue weighted by atomic mass is 35.5. The molecule has 0 saturated heterocycles. The standard InChI is InChI=1S/C14H15ClN6S/c1-9-4-5-12(6-10(9)2)21-14(16-18-19-21)22-8-11-7-13(15)20(3)17-11/h4-7H,8H2,1-3H3. The lowest BCUT2D eigenvalue weighted by Gasteiger charge is -2.06. The zero-order valence-corrected chi connectivity index (χ0v) is 14.1. The first kappa shape index (κ1) is 15.1. The Morgan fingerprint density at radius 2 is 2.00 bits per heavy atom. The number of aromatic nitrogens is 6. The van der Waals surface area contributed by atoms with Crippen LogP contribution < -0.4 is 0 Å². The molecule has 2 aromatic heterocycles. The van der Waals surface area contributed by atoms with E-state index in [-0.39, 0.29) is 0 Å². The molecule has 2 heterocycles. The van der Waals surface area contributed by atoms with Crippen LogP contribution in [0.3, 0.4) is 0 Å². The maximum absolute atomic E-state index is 6.00. The Kier molecular flexibility index (Phi) is 4.17. The predicted octanol–water partition coefficient (Wildman–Crippen LogP) is 2.96. The summed E-state index contributed by atoms with van der Waals surface area (Å²) in [7, 11) is 1.82. The lowest BCUT2D eigenvalue weighted by molar-refractivity contribution is 0.750. The van der Waals surface area contributed by atoms with Gasteiger partial charge in [0.25, 0.3) is 0 Å². The third-order valence-electron chi connectivity index (χ3n) is 3.40. The van der Waals surface area contributed by atoms with Crippen LogP contribution in [-0.2, 0) is 12.8 Å². The van der Waals surface area contributed by atoms with Crippen molar-refractivity contribution in [1.82, 2.24) is 30.0 Å². The molecule has 8 heteroatoms. The Hall–Kier alpha value is -1.86. The molecule has 0 radical (unpaired) electrons. The van der Waals surface area contributed by atoms with E-state index >= 15 is 0 Å². The maximum Gasteiger partial charge on any atom is 0.214 e. The fourth-order valence-electron chi connectivity index (χ4n) is 2.00. The van der Waals surface area contributed by atoms with Gasteiger partial charge in [-0.2, -0.15) is 9.78 Å². The van der Waals surface area contributed by atoms with Crippen LogP contribution in [0.4, 0.5) is 0 Å². The third kappa shape index (κ3) is 3.00. The largest absolute Gasteiger partial charge is 0.257 e. The second kappa shape index (κ2) is 6.10. The molecule has 0 bridgehead atoms. The molecule has 22 heavy (non-hydrogen) atoms. The molecule has 0 N–H and O–H groups in total. The van der Waals surface area contributed by atoms with Crippen molar-refractivity contribution in [1.29, 1.82) is 0 Å². The van der Waals surface area contributed by atoms with Crippen LogP contribution in [0.25, 0.3) is 5.69 Å². The van der Waals surface area contributed by atoms with Gasteiger partial charge >= 0.3 is 0 Å². The topological polar surface area (TPSA) is 61.4 Å². The van der Waals surface area contributed by atoms with Crippen LogP contribution in [-0.4, -0.2) is 30.0 Å². The van der Waals surface area contributed by atoms with Crippen molar-refractivity contribution in [3.63, 3.8) is 0 Å². The molecule has 0 aliphatic rings. The Bertz CT molecular complexity index is 790. The van der Waals surface area contributed by atoms with E-state index in [1.165, 1.54) is 22.9 Å². The fraction of sp³-hybridized carbons (Fsp3) is 0.286. The summed E-state index contributed by atoms with van der Waals surface area (Å²) in [5.74, 6) is 0.659. The molecule has 0 fully saturated rings. The Morgan fingerprint density at radius 1 is 1.18 bits per heavy atom. The van der Waals surface area contributed by atoms with E-state index < -0.39 is 0 Å². The molecule has 1 aromatic carbocycles. The summed E-state index contributed by atoms with van der Waals surface area (Å²) in [5, 5.41) is 17.6. The molecule has 0 saturated carbocycles. The second-order valence-corrected chi connectivity index (χ2v) is 6.34. The summed E-state index contributed by atoms with van der Waals surface area (Å²) in [6.07, 6.45) is 0. The molecule has 0 aliphatic heterocycles. The number of thioether (sulfide) groups is 1. The number of tetrazole rings is 1. The summed E-state index contributed by atoms with van der Waals surface area (Å²) >= 11 is 7.52. The van der Waals surface area contributed by atoms with Crippen LogP contribution in [0.2, 0.25) is 5.15 Å². The van der Waals surface area contributed by atoms with E-state index in [4.69, 9.17) is 11.6 Å². The zero-order valence-electron chi connectivity index (χ0n) is 12.5. The van der Waals surface area contributed by atoms with Gasteiger partial charge in [-0.1, -0.05) is 29.4 Å². The monoisotopic (exact) mass is 334 g/mol. The average molecular weight is 335 g/mol. The summed E-state index contributed by atoms with van der Waals surface area (Å²) in [5.41, 5.74) is 4.30. The van der Waals surface area contributed by atoms with Gasteiger partial charge in [-0.3, -0.25) is 4.68 Å². The Morgan fingerprint density at radius 3 is 2.68 bits per heavy atom. The number of hydrogen-bond donors (Lipinski definition) is 0. The minimum absolute atomic E-state index is 0.615. The maximum atomic E-state index is 6.00. The number of nitrogens with zero attached hydrogens (tertiary/aromatic N) is 6. The molecule has 0 unspecified atom stereocenters. The number of benzene rings is 1. The van der Waals surface area contributed by atoms with Gasteiger partial charge in [-0.05, 0) is 53.6 Å². The van der Waals surface area contributed by atoms with Gasteiger partial charge in [-0.25, -0.2) is 0 Å². The van der Waals surface area contributed by atoms with E-state index in [1.807, 2.05) is 19.2 Å². The highest BCUT2D eigenvalue weighted by molar-refractivity contribution is 7.98.